The van der Waals surface area contributed by atoms with Crippen LogP contribution in [0, 0.1) is 0 Å². The third-order valence-corrected chi connectivity index (χ3v) is 9.43. The van der Waals surface area contributed by atoms with Crippen molar-refractivity contribution >= 4 is 37.6 Å². The maximum absolute atomic E-state index is 12.8. The van der Waals surface area contributed by atoms with Crippen LogP contribution >= 0.6 is 11.6 Å². The summed E-state index contributed by atoms with van der Waals surface area (Å²) in [5.41, 5.74) is 0.719. The first-order valence-electron chi connectivity index (χ1n) is 10.7. The molecule has 1 N–H and O–H groups in total. The summed E-state index contributed by atoms with van der Waals surface area (Å²) in [5, 5.41) is 2.78. The summed E-state index contributed by atoms with van der Waals surface area (Å²) in [6.45, 7) is 0.857. The molecule has 2 aromatic carbocycles. The number of nitrogens with zero attached hydrogens (tertiary/aromatic N) is 2. The largest absolute Gasteiger partial charge is 0.482 e. The van der Waals surface area contributed by atoms with Crippen LogP contribution in [-0.2, 0) is 31.4 Å². The lowest BCUT2D eigenvalue weighted by molar-refractivity contribution is -0.123. The van der Waals surface area contributed by atoms with E-state index in [1.54, 1.807) is 12.1 Å². The Labute approximate surface area is 205 Å². The van der Waals surface area contributed by atoms with Crippen molar-refractivity contribution in [3.8, 4) is 5.75 Å². The van der Waals surface area contributed by atoms with Crippen molar-refractivity contribution in [2.45, 2.75) is 35.6 Å². The molecular weight excluding hydrogens is 502 g/mol. The second-order valence-electron chi connectivity index (χ2n) is 8.05. The van der Waals surface area contributed by atoms with E-state index in [-0.39, 0.29) is 33.7 Å². The number of benzene rings is 2. The molecule has 0 unspecified atom stereocenters. The number of hydrogen-bond donors (Lipinski definition) is 1. The fourth-order valence-corrected chi connectivity index (χ4v) is 6.14. The molecule has 12 heteroatoms. The zero-order valence-electron chi connectivity index (χ0n) is 19.0. The predicted octanol–water partition coefficient (Wildman–Crippen LogP) is 2.46. The second kappa shape index (κ2) is 11.0. The molecule has 0 atom stereocenters. The number of carbonyl (C=O) groups excluding carboxylic acids is 1. The van der Waals surface area contributed by atoms with Gasteiger partial charge in [0.25, 0.3) is 5.91 Å². The normalized spacial score (nSPS) is 15.3. The lowest BCUT2D eigenvalue weighted by atomic mass is 10.2. The second-order valence-corrected chi connectivity index (χ2v) is 12.6. The Morgan fingerprint density at radius 1 is 1.00 bits per heavy atom. The Morgan fingerprint density at radius 3 is 2.21 bits per heavy atom. The maximum atomic E-state index is 12.8. The van der Waals surface area contributed by atoms with Crippen LogP contribution in [0.3, 0.4) is 0 Å². The molecule has 0 bridgehead atoms. The van der Waals surface area contributed by atoms with E-state index in [0.29, 0.717) is 13.1 Å². The van der Waals surface area contributed by atoms with Crippen molar-refractivity contribution < 1.29 is 26.4 Å². The van der Waals surface area contributed by atoms with Crippen LogP contribution in [0.4, 0.5) is 0 Å². The molecule has 1 aliphatic heterocycles. The van der Waals surface area contributed by atoms with Gasteiger partial charge in [-0.3, -0.25) is 4.79 Å². The molecule has 1 aliphatic rings. The van der Waals surface area contributed by atoms with Gasteiger partial charge in [0.1, 0.15) is 5.75 Å². The minimum Gasteiger partial charge on any atom is -0.482 e. The molecule has 2 aromatic rings. The molecule has 0 radical (unpaired) electrons. The molecule has 34 heavy (non-hydrogen) atoms. The van der Waals surface area contributed by atoms with Crippen molar-refractivity contribution in [1.29, 1.82) is 0 Å². The standard InChI is InChI=1S/C22H28ClN3O6S2/c1-25(2)33(28,29)18-8-6-17(7-9-18)15-24-22(27)16-32-21-11-10-19(14-20(21)23)34(30,31)26-12-4-3-5-13-26/h6-11,14H,3-5,12-13,15-16H2,1-2H3,(H,24,27). The van der Waals surface area contributed by atoms with Gasteiger partial charge in [-0.25, -0.2) is 21.1 Å². The fourth-order valence-electron chi connectivity index (χ4n) is 3.40. The Balaban J connectivity index is 1.54. The van der Waals surface area contributed by atoms with Gasteiger partial charge in [0.2, 0.25) is 20.0 Å². The van der Waals surface area contributed by atoms with Crippen LogP contribution in [0.2, 0.25) is 5.02 Å². The average molecular weight is 530 g/mol. The SMILES string of the molecule is CN(C)S(=O)(=O)c1ccc(CNC(=O)COc2ccc(S(=O)(=O)N3CCCCC3)cc2Cl)cc1. The molecule has 0 saturated carbocycles. The van der Waals surface area contributed by atoms with E-state index in [4.69, 9.17) is 16.3 Å². The average Bonchev–Trinajstić information content (AvgIpc) is 2.82. The Bertz CT molecular complexity index is 1230. The van der Waals surface area contributed by atoms with Crippen LogP contribution in [0.25, 0.3) is 0 Å². The van der Waals surface area contributed by atoms with Gasteiger partial charge >= 0.3 is 0 Å². The zero-order valence-corrected chi connectivity index (χ0v) is 21.4. The third-order valence-electron chi connectivity index (χ3n) is 5.41. The summed E-state index contributed by atoms with van der Waals surface area (Å²) in [6.07, 6.45) is 2.69. The van der Waals surface area contributed by atoms with Crippen LogP contribution in [0.15, 0.2) is 52.3 Å². The minimum atomic E-state index is -3.62. The van der Waals surface area contributed by atoms with Gasteiger partial charge in [-0.1, -0.05) is 30.2 Å². The Morgan fingerprint density at radius 2 is 1.62 bits per heavy atom. The van der Waals surface area contributed by atoms with E-state index in [1.165, 1.54) is 48.7 Å². The van der Waals surface area contributed by atoms with Crippen LogP contribution < -0.4 is 10.1 Å². The van der Waals surface area contributed by atoms with Gasteiger partial charge in [0.05, 0.1) is 14.8 Å². The van der Waals surface area contributed by atoms with Gasteiger partial charge in [-0.2, -0.15) is 4.31 Å². The van der Waals surface area contributed by atoms with Crippen molar-refractivity contribution in [2.75, 3.05) is 33.8 Å². The molecule has 186 valence electrons. The molecule has 1 amide bonds. The highest BCUT2D eigenvalue weighted by Crippen LogP contribution is 2.29. The first-order valence-corrected chi connectivity index (χ1v) is 14.0. The number of nitrogens with one attached hydrogen (secondary N) is 1. The smallest absolute Gasteiger partial charge is 0.258 e. The van der Waals surface area contributed by atoms with E-state index in [2.05, 4.69) is 5.32 Å². The summed E-state index contributed by atoms with van der Waals surface area (Å²) >= 11 is 6.21. The molecule has 0 aliphatic carbocycles. The van der Waals surface area contributed by atoms with Gasteiger partial charge in [0.15, 0.2) is 6.61 Å². The number of rotatable bonds is 9. The van der Waals surface area contributed by atoms with E-state index in [9.17, 15) is 21.6 Å². The number of carbonyl (C=O) groups is 1. The number of sulfonamides is 2. The molecule has 9 nitrogen and oxygen atoms in total. The van der Waals surface area contributed by atoms with E-state index < -0.39 is 26.0 Å². The number of piperidine rings is 1. The molecule has 1 heterocycles. The van der Waals surface area contributed by atoms with Gasteiger partial charge in [-0.15, -0.1) is 0 Å². The number of halogens is 1. The van der Waals surface area contributed by atoms with Crippen molar-refractivity contribution in [3.63, 3.8) is 0 Å². The maximum Gasteiger partial charge on any atom is 0.258 e. The Hall–Kier alpha value is -2.18. The summed E-state index contributed by atoms with van der Waals surface area (Å²) < 4.78 is 57.8. The van der Waals surface area contributed by atoms with Crippen molar-refractivity contribution in [1.82, 2.24) is 13.9 Å². The quantitative estimate of drug-likeness (QED) is 0.534. The minimum absolute atomic E-state index is 0.0935. The van der Waals surface area contributed by atoms with E-state index in [0.717, 1.165) is 29.1 Å². The first kappa shape index (κ1) is 26.4. The fraction of sp³-hybridized carbons (Fsp3) is 0.409. The van der Waals surface area contributed by atoms with E-state index >= 15 is 0 Å². The summed E-state index contributed by atoms with van der Waals surface area (Å²) in [7, 11) is -4.22. The molecular formula is C22H28ClN3O6S2. The Kier molecular flexibility index (Phi) is 8.58. The lowest BCUT2D eigenvalue weighted by Crippen LogP contribution is -2.35. The topological polar surface area (TPSA) is 113 Å². The van der Waals surface area contributed by atoms with Crippen LogP contribution in [-0.4, -0.2) is 65.1 Å². The monoisotopic (exact) mass is 529 g/mol. The van der Waals surface area contributed by atoms with Gasteiger partial charge < -0.3 is 10.1 Å². The van der Waals surface area contributed by atoms with E-state index in [1.807, 2.05) is 0 Å². The number of hydrogen-bond acceptors (Lipinski definition) is 6. The summed E-state index contributed by atoms with van der Waals surface area (Å²) in [4.78, 5) is 12.4. The van der Waals surface area contributed by atoms with Crippen molar-refractivity contribution in [3.05, 3.63) is 53.1 Å². The highest BCUT2D eigenvalue weighted by molar-refractivity contribution is 7.89. The summed E-state index contributed by atoms with van der Waals surface area (Å²) in [5.74, 6) is -0.210. The zero-order chi connectivity index (χ0) is 24.9. The molecule has 0 spiro atoms. The predicted molar refractivity (Wildman–Crippen MR) is 129 cm³/mol. The lowest BCUT2D eigenvalue weighted by Gasteiger charge is -2.26. The first-order chi connectivity index (χ1) is 16.0. The molecule has 3 rings (SSSR count). The highest BCUT2D eigenvalue weighted by atomic mass is 35.5. The molecule has 1 saturated heterocycles. The van der Waals surface area contributed by atoms with Crippen molar-refractivity contribution in [2.24, 2.45) is 0 Å². The molecule has 1 fully saturated rings. The highest BCUT2D eigenvalue weighted by Gasteiger charge is 2.26. The van der Waals surface area contributed by atoms with Gasteiger partial charge in [0, 0.05) is 33.7 Å². The number of amides is 1. The summed E-state index contributed by atoms with van der Waals surface area (Å²) in [6, 6.07) is 10.4. The van der Waals surface area contributed by atoms with Gasteiger partial charge in [-0.05, 0) is 48.7 Å². The molecule has 0 aromatic heterocycles. The van der Waals surface area contributed by atoms with Crippen LogP contribution in [0.1, 0.15) is 24.8 Å². The third kappa shape index (κ3) is 6.28. The van der Waals surface area contributed by atoms with Crippen LogP contribution in [0.5, 0.6) is 5.75 Å². The number of ether oxygens (including phenoxy) is 1.